The van der Waals surface area contributed by atoms with Crippen LogP contribution in [0.5, 0.6) is 0 Å². The molecule has 2 unspecified atom stereocenters. The number of aromatic amines is 1. The fourth-order valence-corrected chi connectivity index (χ4v) is 2.39. The Labute approximate surface area is 109 Å². The number of carbonyl (C=O) groups is 2. The third-order valence-corrected chi connectivity index (χ3v) is 3.41. The number of nitrogens with zero attached hydrogens (tertiary/aromatic N) is 1. The number of aromatic nitrogens is 2. The van der Waals surface area contributed by atoms with Crippen LogP contribution in [0.15, 0.2) is 17.2 Å². The molecule has 0 aliphatic heterocycles. The van der Waals surface area contributed by atoms with E-state index in [-0.39, 0.29) is 23.1 Å². The molecule has 2 atom stereocenters. The fourth-order valence-electron chi connectivity index (χ4n) is 2.39. The Morgan fingerprint density at radius 2 is 2.26 bits per heavy atom. The highest BCUT2D eigenvalue weighted by atomic mass is 16.4. The standard InChI is InChI=1S/C12H15N3O4/c16-10-6-13-9(5-14-10)11(17)15-4-7-2-1-3-8(7)12(18)19/h5-8H,1-4H2,(H,14,16)(H,15,17)(H,18,19). The molecule has 7 nitrogen and oxygen atoms in total. The third kappa shape index (κ3) is 3.18. The number of nitrogens with one attached hydrogen (secondary N) is 2. The summed E-state index contributed by atoms with van der Waals surface area (Å²) in [5, 5.41) is 11.7. The second kappa shape index (κ2) is 5.64. The largest absolute Gasteiger partial charge is 0.481 e. The van der Waals surface area contributed by atoms with Crippen molar-refractivity contribution in [2.75, 3.05) is 6.54 Å². The lowest BCUT2D eigenvalue weighted by atomic mass is 9.96. The van der Waals surface area contributed by atoms with Crippen LogP contribution in [0.3, 0.4) is 0 Å². The van der Waals surface area contributed by atoms with Crippen molar-refractivity contribution in [3.63, 3.8) is 0 Å². The molecule has 0 radical (unpaired) electrons. The van der Waals surface area contributed by atoms with Gasteiger partial charge in [0.05, 0.1) is 12.1 Å². The summed E-state index contributed by atoms with van der Waals surface area (Å²) in [7, 11) is 0. The molecular formula is C12H15N3O4. The van der Waals surface area contributed by atoms with E-state index in [9.17, 15) is 14.4 Å². The molecule has 1 aliphatic rings. The Balaban J connectivity index is 1.91. The van der Waals surface area contributed by atoms with Crippen LogP contribution in [0.2, 0.25) is 0 Å². The van der Waals surface area contributed by atoms with Crippen molar-refractivity contribution in [3.05, 3.63) is 28.4 Å². The minimum atomic E-state index is -0.807. The van der Waals surface area contributed by atoms with Gasteiger partial charge in [0.15, 0.2) is 0 Å². The zero-order chi connectivity index (χ0) is 13.8. The minimum absolute atomic E-state index is 0.0378. The molecule has 0 aromatic carbocycles. The van der Waals surface area contributed by atoms with Crippen molar-refractivity contribution >= 4 is 11.9 Å². The Hall–Kier alpha value is -2.18. The molecular weight excluding hydrogens is 250 g/mol. The first-order chi connectivity index (χ1) is 9.08. The van der Waals surface area contributed by atoms with E-state index in [2.05, 4.69) is 15.3 Å². The number of carboxylic acids is 1. The van der Waals surface area contributed by atoms with Gasteiger partial charge < -0.3 is 15.4 Å². The number of rotatable bonds is 4. The average Bonchev–Trinajstić information content (AvgIpc) is 2.85. The molecule has 0 spiro atoms. The van der Waals surface area contributed by atoms with Crippen LogP contribution in [0, 0.1) is 11.8 Å². The van der Waals surface area contributed by atoms with E-state index >= 15 is 0 Å². The van der Waals surface area contributed by atoms with E-state index in [4.69, 9.17) is 5.11 Å². The van der Waals surface area contributed by atoms with E-state index in [1.54, 1.807) is 0 Å². The van der Waals surface area contributed by atoms with Crippen LogP contribution >= 0.6 is 0 Å². The molecule has 7 heteroatoms. The molecule has 1 saturated carbocycles. The van der Waals surface area contributed by atoms with Gasteiger partial charge in [-0.05, 0) is 18.8 Å². The average molecular weight is 265 g/mol. The van der Waals surface area contributed by atoms with E-state index in [1.807, 2.05) is 0 Å². The molecule has 2 rings (SSSR count). The predicted molar refractivity (Wildman–Crippen MR) is 65.7 cm³/mol. The summed E-state index contributed by atoms with van der Waals surface area (Å²) in [6.45, 7) is 0.316. The maximum absolute atomic E-state index is 11.7. The topological polar surface area (TPSA) is 112 Å². The van der Waals surface area contributed by atoms with Crippen molar-refractivity contribution in [3.8, 4) is 0 Å². The maximum Gasteiger partial charge on any atom is 0.306 e. The molecule has 1 heterocycles. The summed E-state index contributed by atoms with van der Waals surface area (Å²) in [6.07, 6.45) is 4.60. The van der Waals surface area contributed by atoms with Crippen molar-refractivity contribution in [1.82, 2.24) is 15.3 Å². The van der Waals surface area contributed by atoms with Gasteiger partial charge in [-0.15, -0.1) is 0 Å². The van der Waals surface area contributed by atoms with Gasteiger partial charge in [0.2, 0.25) is 0 Å². The van der Waals surface area contributed by atoms with Gasteiger partial charge >= 0.3 is 5.97 Å². The van der Waals surface area contributed by atoms with Gasteiger partial charge in [-0.25, -0.2) is 4.98 Å². The second-order valence-electron chi connectivity index (χ2n) is 4.64. The number of hydrogen-bond donors (Lipinski definition) is 3. The van der Waals surface area contributed by atoms with Gasteiger partial charge in [-0.2, -0.15) is 0 Å². The van der Waals surface area contributed by atoms with Crippen LogP contribution in [0.1, 0.15) is 29.8 Å². The summed E-state index contributed by atoms with van der Waals surface area (Å²) in [4.78, 5) is 39.6. The number of carboxylic acid groups (broad SMARTS) is 1. The normalized spacial score (nSPS) is 22.1. The molecule has 1 amide bonds. The van der Waals surface area contributed by atoms with Crippen molar-refractivity contribution in [2.45, 2.75) is 19.3 Å². The summed E-state index contributed by atoms with van der Waals surface area (Å²) in [5.41, 5.74) is -0.261. The monoisotopic (exact) mass is 265 g/mol. The van der Waals surface area contributed by atoms with Gasteiger partial charge in [0.1, 0.15) is 5.69 Å². The number of H-pyrrole nitrogens is 1. The first-order valence-electron chi connectivity index (χ1n) is 6.13. The number of amides is 1. The van der Waals surface area contributed by atoms with Gasteiger partial charge in [0.25, 0.3) is 11.5 Å². The quantitative estimate of drug-likeness (QED) is 0.709. The highest BCUT2D eigenvalue weighted by Crippen LogP contribution is 2.31. The SMILES string of the molecule is O=C(NCC1CCCC1C(=O)O)c1c[nH]c(=O)cn1. The van der Waals surface area contributed by atoms with Gasteiger partial charge in [-0.3, -0.25) is 14.4 Å². The van der Waals surface area contributed by atoms with E-state index < -0.39 is 11.9 Å². The third-order valence-electron chi connectivity index (χ3n) is 3.41. The summed E-state index contributed by atoms with van der Waals surface area (Å²) < 4.78 is 0. The molecule has 1 aromatic rings. The highest BCUT2D eigenvalue weighted by Gasteiger charge is 2.32. The van der Waals surface area contributed by atoms with E-state index in [1.165, 1.54) is 6.20 Å². The summed E-state index contributed by atoms with van der Waals surface area (Å²) >= 11 is 0. The molecule has 102 valence electrons. The lowest BCUT2D eigenvalue weighted by molar-refractivity contribution is -0.142. The molecule has 1 fully saturated rings. The minimum Gasteiger partial charge on any atom is -0.481 e. The van der Waals surface area contributed by atoms with Gasteiger partial charge in [-0.1, -0.05) is 6.42 Å². The Morgan fingerprint density at radius 3 is 2.89 bits per heavy atom. The summed E-state index contributed by atoms with van der Waals surface area (Å²) in [6, 6.07) is 0. The summed E-state index contributed by atoms with van der Waals surface area (Å²) in [5.74, 6) is -1.64. The molecule has 0 saturated heterocycles. The first-order valence-corrected chi connectivity index (χ1v) is 6.13. The van der Waals surface area contributed by atoms with Crippen LogP contribution < -0.4 is 10.9 Å². The molecule has 1 aliphatic carbocycles. The molecule has 1 aromatic heterocycles. The number of hydrogen-bond acceptors (Lipinski definition) is 4. The second-order valence-corrected chi connectivity index (χ2v) is 4.64. The van der Waals surface area contributed by atoms with Crippen LogP contribution in [0.25, 0.3) is 0 Å². The van der Waals surface area contributed by atoms with E-state index in [0.717, 1.165) is 19.0 Å². The van der Waals surface area contributed by atoms with Crippen LogP contribution in [-0.4, -0.2) is 33.5 Å². The Morgan fingerprint density at radius 1 is 1.47 bits per heavy atom. The lowest BCUT2D eigenvalue weighted by Crippen LogP contribution is -2.33. The van der Waals surface area contributed by atoms with Crippen LogP contribution in [-0.2, 0) is 4.79 Å². The first kappa shape index (κ1) is 13.3. The fraction of sp³-hybridized carbons (Fsp3) is 0.500. The van der Waals surface area contributed by atoms with Crippen molar-refractivity contribution in [2.24, 2.45) is 11.8 Å². The van der Waals surface area contributed by atoms with Crippen molar-refractivity contribution in [1.29, 1.82) is 0 Å². The predicted octanol–water partition coefficient (Wildman–Crippen LogP) is 0.000600. The number of aliphatic carboxylic acids is 1. The smallest absolute Gasteiger partial charge is 0.306 e. The maximum atomic E-state index is 11.7. The highest BCUT2D eigenvalue weighted by molar-refractivity contribution is 5.91. The molecule has 3 N–H and O–H groups in total. The van der Waals surface area contributed by atoms with E-state index in [0.29, 0.717) is 13.0 Å². The zero-order valence-corrected chi connectivity index (χ0v) is 10.3. The lowest BCUT2D eigenvalue weighted by Gasteiger charge is -2.15. The zero-order valence-electron chi connectivity index (χ0n) is 10.3. The molecule has 0 bridgehead atoms. The molecule has 19 heavy (non-hydrogen) atoms. The Kier molecular flexibility index (Phi) is 3.94. The Bertz CT molecular complexity index is 520. The van der Waals surface area contributed by atoms with Gasteiger partial charge in [0, 0.05) is 12.7 Å². The van der Waals surface area contributed by atoms with Crippen molar-refractivity contribution < 1.29 is 14.7 Å². The number of carbonyl (C=O) groups excluding carboxylic acids is 1. The van der Waals surface area contributed by atoms with Crippen LogP contribution in [0.4, 0.5) is 0 Å².